The third kappa shape index (κ3) is 0.550. The van der Waals surface area contributed by atoms with Crippen molar-refractivity contribution in [3.8, 4) is 0 Å². The molecule has 0 radical (unpaired) electrons. The molecule has 0 aromatic rings. The maximum Gasteiger partial charge on any atom is 0.313 e. The van der Waals surface area contributed by atoms with Gasteiger partial charge in [-0.1, -0.05) is 0 Å². The van der Waals surface area contributed by atoms with E-state index in [0.717, 1.165) is 12.8 Å². The standard InChI is InChI=1S/C12H14O4/c1-15-9(13)11-3-5-6-4-12(11,10(14)16-2)8(11)7(5)6/h5-8H,3-4H2,1-2H3. The minimum atomic E-state index is -0.501. The van der Waals surface area contributed by atoms with E-state index in [1.54, 1.807) is 0 Å². The van der Waals surface area contributed by atoms with Crippen molar-refractivity contribution in [2.75, 3.05) is 14.2 Å². The third-order valence-corrected chi connectivity index (χ3v) is 5.77. The summed E-state index contributed by atoms with van der Waals surface area (Å²) >= 11 is 0. The first-order chi connectivity index (χ1) is 7.65. The van der Waals surface area contributed by atoms with E-state index < -0.39 is 10.8 Å². The summed E-state index contributed by atoms with van der Waals surface area (Å²) < 4.78 is 9.83. The van der Waals surface area contributed by atoms with Crippen LogP contribution in [0.3, 0.4) is 0 Å². The lowest BCUT2D eigenvalue weighted by Crippen LogP contribution is -2.35. The van der Waals surface area contributed by atoms with Crippen molar-refractivity contribution in [3.05, 3.63) is 0 Å². The summed E-state index contributed by atoms with van der Waals surface area (Å²) in [5.74, 6) is 1.85. The summed E-state index contributed by atoms with van der Waals surface area (Å²) in [5.41, 5.74) is -1.00. The summed E-state index contributed by atoms with van der Waals surface area (Å²) in [6.07, 6.45) is 1.71. The number of carbonyl (C=O) groups excluding carboxylic acids is 2. The van der Waals surface area contributed by atoms with Crippen LogP contribution in [0.1, 0.15) is 12.8 Å². The summed E-state index contributed by atoms with van der Waals surface area (Å²) in [5, 5.41) is 0. The van der Waals surface area contributed by atoms with Crippen molar-refractivity contribution in [1.29, 1.82) is 0 Å². The van der Waals surface area contributed by atoms with Crippen molar-refractivity contribution >= 4 is 11.9 Å². The van der Waals surface area contributed by atoms with Crippen LogP contribution < -0.4 is 0 Å². The van der Waals surface area contributed by atoms with Crippen LogP contribution in [-0.2, 0) is 19.1 Å². The Morgan fingerprint density at radius 1 is 1.00 bits per heavy atom. The molecule has 0 spiro atoms. The van der Waals surface area contributed by atoms with Crippen LogP contribution in [0.2, 0.25) is 0 Å². The minimum Gasteiger partial charge on any atom is -0.469 e. The molecule has 4 aliphatic carbocycles. The van der Waals surface area contributed by atoms with Crippen molar-refractivity contribution in [2.45, 2.75) is 12.8 Å². The van der Waals surface area contributed by atoms with Gasteiger partial charge in [0.1, 0.15) is 0 Å². The van der Waals surface area contributed by atoms with Crippen molar-refractivity contribution in [1.82, 2.24) is 0 Å². The lowest BCUT2D eigenvalue weighted by atomic mass is 9.79. The van der Waals surface area contributed by atoms with Crippen LogP contribution in [0.25, 0.3) is 0 Å². The molecular formula is C12H14O4. The van der Waals surface area contributed by atoms with Gasteiger partial charge in [-0.2, -0.15) is 0 Å². The molecule has 4 atom stereocenters. The number of methoxy groups -OCH3 is 2. The molecule has 4 nitrogen and oxygen atoms in total. The fourth-order valence-electron chi connectivity index (χ4n) is 5.35. The molecule has 0 heterocycles. The van der Waals surface area contributed by atoms with Gasteiger partial charge in [0.05, 0.1) is 25.0 Å². The highest BCUT2D eigenvalue weighted by Crippen LogP contribution is 2.96. The second-order valence-electron chi connectivity index (χ2n) is 5.72. The summed E-state index contributed by atoms with van der Waals surface area (Å²) in [6.45, 7) is 0. The molecule has 0 bridgehead atoms. The second kappa shape index (κ2) is 2.15. The highest BCUT2D eigenvalue weighted by atomic mass is 16.5. The maximum absolute atomic E-state index is 12.0. The molecule has 4 heteroatoms. The minimum absolute atomic E-state index is 0.187. The van der Waals surface area contributed by atoms with Crippen LogP contribution in [-0.4, -0.2) is 26.2 Å². The highest BCUT2D eigenvalue weighted by molar-refractivity contribution is 5.98. The van der Waals surface area contributed by atoms with Crippen LogP contribution in [0.4, 0.5) is 0 Å². The molecule has 4 rings (SSSR count). The van der Waals surface area contributed by atoms with Crippen LogP contribution in [0.15, 0.2) is 0 Å². The van der Waals surface area contributed by atoms with Gasteiger partial charge in [-0.25, -0.2) is 0 Å². The number of hydrogen-bond acceptors (Lipinski definition) is 4. The van der Waals surface area contributed by atoms with Gasteiger partial charge in [-0.3, -0.25) is 9.59 Å². The molecular weight excluding hydrogens is 208 g/mol. The SMILES string of the molecule is COC(=O)C12CC3C4CC1(C(=O)OC)C2C34. The molecule has 0 amide bonds. The molecule has 4 aliphatic rings. The van der Waals surface area contributed by atoms with Crippen molar-refractivity contribution < 1.29 is 19.1 Å². The quantitative estimate of drug-likeness (QED) is 0.642. The zero-order valence-corrected chi connectivity index (χ0v) is 9.36. The molecule has 4 unspecified atom stereocenters. The fraction of sp³-hybridized carbons (Fsp3) is 0.833. The molecule has 0 aromatic carbocycles. The van der Waals surface area contributed by atoms with E-state index in [-0.39, 0.29) is 17.9 Å². The Balaban J connectivity index is 1.80. The molecule has 0 aromatic heterocycles. The first-order valence-electron chi connectivity index (χ1n) is 5.82. The van der Waals surface area contributed by atoms with Gasteiger partial charge in [0, 0.05) is 0 Å². The Morgan fingerprint density at radius 3 is 1.81 bits per heavy atom. The average molecular weight is 222 g/mol. The topological polar surface area (TPSA) is 52.6 Å². The normalized spacial score (nSPS) is 57.9. The molecule has 4 fully saturated rings. The van der Waals surface area contributed by atoms with Crippen molar-refractivity contribution in [3.63, 3.8) is 0 Å². The zero-order chi connectivity index (χ0) is 11.3. The van der Waals surface area contributed by atoms with Gasteiger partial charge in [-0.15, -0.1) is 0 Å². The van der Waals surface area contributed by atoms with Gasteiger partial charge >= 0.3 is 11.9 Å². The molecule has 86 valence electrons. The molecule has 4 saturated carbocycles. The van der Waals surface area contributed by atoms with E-state index in [2.05, 4.69) is 0 Å². The van der Waals surface area contributed by atoms with Gasteiger partial charge in [-0.05, 0) is 36.5 Å². The summed E-state index contributed by atoms with van der Waals surface area (Å²) in [4.78, 5) is 23.9. The Morgan fingerprint density at radius 2 is 1.44 bits per heavy atom. The van der Waals surface area contributed by atoms with E-state index in [1.165, 1.54) is 14.2 Å². The van der Waals surface area contributed by atoms with Crippen LogP contribution >= 0.6 is 0 Å². The molecule has 0 saturated heterocycles. The number of hydrogen-bond donors (Lipinski definition) is 0. The maximum atomic E-state index is 12.0. The van der Waals surface area contributed by atoms with Crippen LogP contribution in [0.5, 0.6) is 0 Å². The van der Waals surface area contributed by atoms with Gasteiger partial charge in [0.15, 0.2) is 0 Å². The predicted molar refractivity (Wildman–Crippen MR) is 52.1 cm³/mol. The first kappa shape index (κ1) is 9.02. The predicted octanol–water partition coefficient (Wildman–Crippen LogP) is 0.605. The number of ether oxygens (including phenoxy) is 2. The van der Waals surface area contributed by atoms with Crippen molar-refractivity contribution in [2.24, 2.45) is 34.5 Å². The van der Waals surface area contributed by atoms with Gasteiger partial charge in [0.2, 0.25) is 0 Å². The van der Waals surface area contributed by atoms with E-state index >= 15 is 0 Å². The highest BCUT2D eigenvalue weighted by Gasteiger charge is 2.99. The van der Waals surface area contributed by atoms with E-state index in [0.29, 0.717) is 17.8 Å². The Hall–Kier alpha value is -1.06. The van der Waals surface area contributed by atoms with Gasteiger partial charge in [0.25, 0.3) is 0 Å². The zero-order valence-electron chi connectivity index (χ0n) is 9.36. The second-order valence-corrected chi connectivity index (χ2v) is 5.72. The Kier molecular flexibility index (Phi) is 1.21. The lowest BCUT2D eigenvalue weighted by molar-refractivity contribution is -0.159. The Labute approximate surface area is 93.3 Å². The van der Waals surface area contributed by atoms with E-state index in [4.69, 9.17) is 9.47 Å². The van der Waals surface area contributed by atoms with Crippen LogP contribution in [0, 0.1) is 34.5 Å². The van der Waals surface area contributed by atoms with E-state index in [1.807, 2.05) is 0 Å². The number of fused-ring (bicyclic) bond motifs is 2. The molecule has 0 N–H and O–H groups in total. The largest absolute Gasteiger partial charge is 0.469 e. The van der Waals surface area contributed by atoms with E-state index in [9.17, 15) is 9.59 Å². The Bertz CT molecular complexity index is 393. The molecule has 0 aliphatic heterocycles. The fourth-order valence-corrected chi connectivity index (χ4v) is 5.35. The summed E-state index contributed by atoms with van der Waals surface area (Å²) in [6, 6.07) is 0. The first-order valence-corrected chi connectivity index (χ1v) is 5.82. The lowest BCUT2D eigenvalue weighted by Gasteiger charge is -2.25. The number of carbonyl (C=O) groups is 2. The third-order valence-electron chi connectivity index (χ3n) is 5.77. The number of rotatable bonds is 2. The summed E-state index contributed by atoms with van der Waals surface area (Å²) in [7, 11) is 2.83. The average Bonchev–Trinajstić information content (AvgIpc) is 3.05. The smallest absolute Gasteiger partial charge is 0.313 e. The number of esters is 2. The molecule has 16 heavy (non-hydrogen) atoms. The monoisotopic (exact) mass is 222 g/mol. The van der Waals surface area contributed by atoms with Gasteiger partial charge < -0.3 is 9.47 Å².